The molecule has 0 radical (unpaired) electrons. The van der Waals surface area contributed by atoms with Crippen LogP contribution in [-0.2, 0) is 19.6 Å². The molecule has 10 nitrogen and oxygen atoms in total. The minimum absolute atomic E-state index is 0.139. The minimum atomic E-state index is -0.898. The molecule has 0 saturated carbocycles. The largest absolute Gasteiger partial charge is 0.504 e. The Morgan fingerprint density at radius 3 is 1.43 bits per heavy atom. The molecule has 3 rings (SSSR count). The molecular formula is C20H19N3O7. The molecular weight excluding hydrogens is 394 g/mol. The average molecular weight is 413 g/mol. The van der Waals surface area contributed by atoms with Crippen molar-refractivity contribution in [3.8, 4) is 23.0 Å². The molecule has 30 heavy (non-hydrogen) atoms. The molecule has 2 aromatic carbocycles. The Kier molecular flexibility index (Phi) is 5.50. The summed E-state index contributed by atoms with van der Waals surface area (Å²) in [6.07, 6.45) is 1.33. The molecule has 10 heteroatoms. The fourth-order valence-corrected chi connectivity index (χ4v) is 2.94. The van der Waals surface area contributed by atoms with Gasteiger partial charge in [-0.1, -0.05) is 18.2 Å². The van der Waals surface area contributed by atoms with Crippen molar-refractivity contribution in [3.63, 3.8) is 0 Å². The van der Waals surface area contributed by atoms with Crippen LogP contribution in [0.25, 0.3) is 0 Å². The van der Waals surface area contributed by atoms with E-state index in [1.807, 2.05) is 0 Å². The summed E-state index contributed by atoms with van der Waals surface area (Å²) in [6, 6.07) is 7.68. The maximum Gasteiger partial charge on any atom is 0.336 e. The summed E-state index contributed by atoms with van der Waals surface area (Å²) in [7, 11) is 0. The Labute approximate surface area is 169 Å². The minimum Gasteiger partial charge on any atom is -0.504 e. The van der Waals surface area contributed by atoms with E-state index in [9.17, 15) is 34.8 Å². The summed E-state index contributed by atoms with van der Waals surface area (Å²) < 4.78 is 2.46. The number of allylic oxidation sites excluding steroid dienone is 1. The third kappa shape index (κ3) is 3.83. The molecule has 1 aromatic heterocycles. The van der Waals surface area contributed by atoms with Crippen LogP contribution >= 0.6 is 0 Å². The molecule has 0 amide bonds. The van der Waals surface area contributed by atoms with Gasteiger partial charge in [-0.05, 0) is 35.4 Å². The standard InChI is InChI=1S/C20H19N3O7/c1-2-7-21-18(28)22(10-12-3-5-14(24)16(26)8-12)20(30)23(19(21)29)11-13-4-6-15(25)17(27)9-13/h2-6,8-9,24-27H,1,7,10-11H2. The number of aromatic nitrogens is 3. The SMILES string of the molecule is C=CCn1c(=O)n(Cc2ccc(O)c(O)c2)c(=O)n(Cc2ccc(O)c(O)c2)c1=O. The molecule has 0 atom stereocenters. The van der Waals surface area contributed by atoms with Gasteiger partial charge >= 0.3 is 17.1 Å². The first-order chi connectivity index (χ1) is 14.2. The van der Waals surface area contributed by atoms with Crippen molar-refractivity contribution in [2.75, 3.05) is 0 Å². The number of phenolic OH excluding ortho intramolecular Hbond substituents is 4. The highest BCUT2D eigenvalue weighted by Crippen LogP contribution is 2.25. The van der Waals surface area contributed by atoms with Crippen LogP contribution in [0.5, 0.6) is 23.0 Å². The van der Waals surface area contributed by atoms with E-state index in [-0.39, 0.29) is 31.1 Å². The zero-order valence-corrected chi connectivity index (χ0v) is 15.7. The third-order valence-electron chi connectivity index (χ3n) is 4.46. The third-order valence-corrected chi connectivity index (χ3v) is 4.46. The van der Waals surface area contributed by atoms with Gasteiger partial charge in [-0.15, -0.1) is 6.58 Å². The van der Waals surface area contributed by atoms with Gasteiger partial charge in [0.05, 0.1) is 19.6 Å². The van der Waals surface area contributed by atoms with E-state index in [0.717, 1.165) is 13.7 Å². The quantitative estimate of drug-likeness (QED) is 0.335. The van der Waals surface area contributed by atoms with E-state index >= 15 is 0 Å². The molecule has 3 aromatic rings. The summed E-state index contributed by atoms with van der Waals surface area (Å²) in [6.45, 7) is 2.85. The second kappa shape index (κ2) is 8.03. The van der Waals surface area contributed by atoms with E-state index in [0.29, 0.717) is 11.1 Å². The maximum atomic E-state index is 12.9. The first kappa shape index (κ1) is 20.5. The first-order valence-corrected chi connectivity index (χ1v) is 8.80. The lowest BCUT2D eigenvalue weighted by Gasteiger charge is -2.14. The van der Waals surface area contributed by atoms with Crippen molar-refractivity contribution in [2.45, 2.75) is 19.6 Å². The van der Waals surface area contributed by atoms with Gasteiger partial charge in [0.15, 0.2) is 23.0 Å². The summed E-state index contributed by atoms with van der Waals surface area (Å²) in [5.74, 6) is -1.54. The summed E-state index contributed by atoms with van der Waals surface area (Å²) in [5.41, 5.74) is -1.92. The second-order valence-electron chi connectivity index (χ2n) is 6.57. The van der Waals surface area contributed by atoms with E-state index in [1.54, 1.807) is 0 Å². The van der Waals surface area contributed by atoms with Crippen LogP contribution in [0, 0.1) is 0 Å². The number of nitrogens with zero attached hydrogens (tertiary/aromatic N) is 3. The highest BCUT2D eigenvalue weighted by atomic mass is 16.3. The Morgan fingerprint density at radius 1 is 0.667 bits per heavy atom. The fraction of sp³-hybridized carbons (Fsp3) is 0.150. The van der Waals surface area contributed by atoms with Crippen molar-refractivity contribution in [2.24, 2.45) is 0 Å². The maximum absolute atomic E-state index is 12.9. The molecule has 0 bridgehead atoms. The zero-order valence-electron chi connectivity index (χ0n) is 15.7. The van der Waals surface area contributed by atoms with Crippen LogP contribution < -0.4 is 17.1 Å². The van der Waals surface area contributed by atoms with Gasteiger partial charge in [0.2, 0.25) is 0 Å². The highest BCUT2D eigenvalue weighted by Gasteiger charge is 2.16. The average Bonchev–Trinajstić information content (AvgIpc) is 2.71. The van der Waals surface area contributed by atoms with E-state index in [2.05, 4.69) is 6.58 Å². The Hall–Kier alpha value is -4.21. The lowest BCUT2D eigenvalue weighted by atomic mass is 10.2. The Morgan fingerprint density at radius 2 is 1.07 bits per heavy atom. The van der Waals surface area contributed by atoms with Crippen molar-refractivity contribution >= 4 is 0 Å². The second-order valence-corrected chi connectivity index (χ2v) is 6.57. The lowest BCUT2D eigenvalue weighted by molar-refractivity contribution is 0.402. The lowest BCUT2D eigenvalue weighted by Crippen LogP contribution is -2.54. The molecule has 0 aliphatic carbocycles. The molecule has 0 spiro atoms. The number of aromatic hydroxyl groups is 4. The number of benzene rings is 2. The molecule has 0 aliphatic rings. The summed E-state index contributed by atoms with van der Waals surface area (Å²) >= 11 is 0. The van der Waals surface area contributed by atoms with Gasteiger partial charge in [-0.2, -0.15) is 0 Å². The molecule has 0 fully saturated rings. The van der Waals surface area contributed by atoms with Crippen molar-refractivity contribution in [1.29, 1.82) is 0 Å². The van der Waals surface area contributed by atoms with Crippen LogP contribution in [0.1, 0.15) is 11.1 Å². The zero-order chi connectivity index (χ0) is 22.0. The summed E-state index contributed by atoms with van der Waals surface area (Å²) in [5, 5.41) is 38.2. The Bertz CT molecular complexity index is 1210. The first-order valence-electron chi connectivity index (χ1n) is 8.80. The van der Waals surface area contributed by atoms with Crippen molar-refractivity contribution < 1.29 is 20.4 Å². The fourth-order valence-electron chi connectivity index (χ4n) is 2.94. The van der Waals surface area contributed by atoms with Crippen molar-refractivity contribution in [3.05, 3.63) is 91.6 Å². The topological polar surface area (TPSA) is 147 Å². The van der Waals surface area contributed by atoms with Crippen LogP contribution in [0.2, 0.25) is 0 Å². The normalized spacial score (nSPS) is 10.8. The number of hydrogen-bond donors (Lipinski definition) is 4. The molecule has 0 saturated heterocycles. The van der Waals surface area contributed by atoms with Crippen molar-refractivity contribution in [1.82, 2.24) is 13.7 Å². The van der Waals surface area contributed by atoms with Gasteiger partial charge in [0, 0.05) is 0 Å². The van der Waals surface area contributed by atoms with E-state index in [1.165, 1.54) is 42.5 Å². The molecule has 0 unspecified atom stereocenters. The number of hydrogen-bond acceptors (Lipinski definition) is 7. The molecule has 1 heterocycles. The van der Waals surface area contributed by atoms with Crippen LogP contribution in [-0.4, -0.2) is 34.1 Å². The Balaban J connectivity index is 2.16. The van der Waals surface area contributed by atoms with E-state index < -0.39 is 28.6 Å². The highest BCUT2D eigenvalue weighted by molar-refractivity contribution is 5.41. The number of rotatable bonds is 6. The van der Waals surface area contributed by atoms with Crippen LogP contribution in [0.15, 0.2) is 63.4 Å². The molecule has 4 N–H and O–H groups in total. The van der Waals surface area contributed by atoms with Crippen LogP contribution in [0.3, 0.4) is 0 Å². The predicted octanol–water partition coefficient (Wildman–Crippen LogP) is 0.277. The van der Waals surface area contributed by atoms with Gasteiger partial charge in [0.1, 0.15) is 0 Å². The van der Waals surface area contributed by atoms with Gasteiger partial charge in [-0.25, -0.2) is 28.1 Å². The molecule has 0 aliphatic heterocycles. The van der Waals surface area contributed by atoms with Gasteiger partial charge in [0.25, 0.3) is 0 Å². The van der Waals surface area contributed by atoms with Gasteiger partial charge < -0.3 is 20.4 Å². The predicted molar refractivity (Wildman–Crippen MR) is 107 cm³/mol. The van der Waals surface area contributed by atoms with E-state index in [4.69, 9.17) is 0 Å². The smallest absolute Gasteiger partial charge is 0.336 e. The summed E-state index contributed by atoms with van der Waals surface area (Å²) in [4.78, 5) is 38.4. The monoisotopic (exact) mass is 413 g/mol. The molecule has 156 valence electrons. The van der Waals surface area contributed by atoms with Crippen LogP contribution in [0.4, 0.5) is 0 Å². The van der Waals surface area contributed by atoms with Gasteiger partial charge in [-0.3, -0.25) is 0 Å². The number of phenols is 4.